The molecule has 2 aliphatic heterocycles. The van der Waals surface area contributed by atoms with E-state index < -0.39 is 0 Å². The number of hydrogen-bond acceptors (Lipinski definition) is 4. The van der Waals surface area contributed by atoms with Crippen molar-refractivity contribution in [2.24, 2.45) is 0 Å². The first-order valence-electron chi connectivity index (χ1n) is 7.99. The van der Waals surface area contributed by atoms with E-state index in [4.69, 9.17) is 0 Å². The fourth-order valence-corrected chi connectivity index (χ4v) is 3.91. The number of rotatable bonds is 3. The van der Waals surface area contributed by atoms with Gasteiger partial charge in [0, 0.05) is 44.1 Å². The van der Waals surface area contributed by atoms with Crippen molar-refractivity contribution in [1.82, 2.24) is 14.7 Å². The summed E-state index contributed by atoms with van der Waals surface area (Å²) in [6.07, 6.45) is 2.27. The minimum atomic E-state index is 0.128. The van der Waals surface area contributed by atoms with E-state index in [1.807, 2.05) is 28.9 Å². The lowest BCUT2D eigenvalue weighted by Gasteiger charge is -2.34. The van der Waals surface area contributed by atoms with Crippen LogP contribution in [0.5, 0.6) is 0 Å². The van der Waals surface area contributed by atoms with Gasteiger partial charge in [-0.3, -0.25) is 14.5 Å². The minimum absolute atomic E-state index is 0.128. The number of carbonyl (C=O) groups excluding carboxylic acids is 2. The van der Waals surface area contributed by atoms with Gasteiger partial charge in [0.15, 0.2) is 0 Å². The zero-order valence-corrected chi connectivity index (χ0v) is 13.9. The minimum Gasteiger partial charge on any atom is -0.342 e. The summed E-state index contributed by atoms with van der Waals surface area (Å²) in [4.78, 5) is 32.6. The average molecular weight is 321 g/mol. The molecule has 3 heterocycles. The number of likely N-dealkylation sites (tertiary alicyclic amines) is 1. The lowest BCUT2D eigenvalue weighted by atomic mass is 10.3. The average Bonchev–Trinajstić information content (AvgIpc) is 3.18. The molecule has 6 heteroatoms. The molecule has 22 heavy (non-hydrogen) atoms. The van der Waals surface area contributed by atoms with Crippen LogP contribution in [0.15, 0.2) is 12.1 Å². The van der Waals surface area contributed by atoms with Gasteiger partial charge in [-0.1, -0.05) is 0 Å². The van der Waals surface area contributed by atoms with Gasteiger partial charge in [0.2, 0.25) is 5.91 Å². The molecule has 2 fully saturated rings. The third-order valence-corrected chi connectivity index (χ3v) is 5.42. The third-order valence-electron chi connectivity index (χ3n) is 4.43. The number of hydrogen-bond donors (Lipinski definition) is 0. The molecule has 0 radical (unpaired) electrons. The summed E-state index contributed by atoms with van der Waals surface area (Å²) in [5.74, 6) is 0.370. The summed E-state index contributed by atoms with van der Waals surface area (Å²) in [6, 6.07) is 3.90. The SMILES string of the molecule is Cc1ccc(C(=O)N2CCN(CC(=O)N3CCCC3)CC2)s1. The maximum absolute atomic E-state index is 12.4. The molecular weight excluding hydrogens is 298 g/mol. The third kappa shape index (κ3) is 3.50. The highest BCUT2D eigenvalue weighted by molar-refractivity contribution is 7.13. The Kier molecular flexibility index (Phi) is 4.78. The second-order valence-electron chi connectivity index (χ2n) is 6.07. The molecule has 120 valence electrons. The number of aryl methyl sites for hydroxylation is 1. The van der Waals surface area contributed by atoms with E-state index in [1.54, 1.807) is 11.3 Å². The van der Waals surface area contributed by atoms with E-state index in [-0.39, 0.29) is 11.8 Å². The van der Waals surface area contributed by atoms with Gasteiger partial charge in [0.05, 0.1) is 11.4 Å². The fourth-order valence-electron chi connectivity index (χ4n) is 3.07. The summed E-state index contributed by atoms with van der Waals surface area (Å²) in [5.41, 5.74) is 0. The molecule has 0 unspecified atom stereocenters. The van der Waals surface area contributed by atoms with Crippen molar-refractivity contribution in [1.29, 1.82) is 0 Å². The maximum atomic E-state index is 12.4. The number of nitrogens with zero attached hydrogens (tertiary/aromatic N) is 3. The summed E-state index contributed by atoms with van der Waals surface area (Å²) in [7, 11) is 0. The summed E-state index contributed by atoms with van der Waals surface area (Å²) in [5, 5.41) is 0. The maximum Gasteiger partial charge on any atom is 0.264 e. The Bertz CT molecular complexity index is 543. The smallest absolute Gasteiger partial charge is 0.264 e. The Hall–Kier alpha value is -1.40. The van der Waals surface area contributed by atoms with Gasteiger partial charge in [0.25, 0.3) is 5.91 Å². The van der Waals surface area contributed by atoms with Crippen LogP contribution in [0.25, 0.3) is 0 Å². The van der Waals surface area contributed by atoms with Gasteiger partial charge in [-0.25, -0.2) is 0 Å². The van der Waals surface area contributed by atoms with Crippen LogP contribution in [0.4, 0.5) is 0 Å². The highest BCUT2D eigenvalue weighted by Crippen LogP contribution is 2.18. The van der Waals surface area contributed by atoms with Crippen LogP contribution in [0.3, 0.4) is 0 Å². The van der Waals surface area contributed by atoms with E-state index in [0.29, 0.717) is 19.6 Å². The second kappa shape index (κ2) is 6.79. The molecule has 0 bridgehead atoms. The van der Waals surface area contributed by atoms with Crippen molar-refractivity contribution in [2.45, 2.75) is 19.8 Å². The van der Waals surface area contributed by atoms with E-state index in [0.717, 1.165) is 48.8 Å². The van der Waals surface area contributed by atoms with Gasteiger partial charge in [-0.2, -0.15) is 0 Å². The number of carbonyl (C=O) groups is 2. The lowest BCUT2D eigenvalue weighted by Crippen LogP contribution is -2.51. The molecule has 0 N–H and O–H groups in total. The van der Waals surface area contributed by atoms with Crippen LogP contribution in [-0.4, -0.2) is 72.3 Å². The molecular formula is C16H23N3O2S. The van der Waals surface area contributed by atoms with Crippen molar-refractivity contribution in [2.75, 3.05) is 45.8 Å². The predicted molar refractivity (Wildman–Crippen MR) is 87.2 cm³/mol. The quantitative estimate of drug-likeness (QED) is 0.846. The molecule has 0 aliphatic carbocycles. The molecule has 5 nitrogen and oxygen atoms in total. The zero-order valence-electron chi connectivity index (χ0n) is 13.1. The summed E-state index contributed by atoms with van der Waals surface area (Å²) in [6.45, 7) is 7.34. The van der Waals surface area contributed by atoms with E-state index in [9.17, 15) is 9.59 Å². The number of amides is 2. The molecule has 3 rings (SSSR count). The van der Waals surface area contributed by atoms with E-state index in [2.05, 4.69) is 4.90 Å². The van der Waals surface area contributed by atoms with Crippen LogP contribution in [0.2, 0.25) is 0 Å². The molecule has 2 aliphatic rings. The largest absolute Gasteiger partial charge is 0.342 e. The zero-order chi connectivity index (χ0) is 15.5. The molecule has 1 aromatic rings. The number of thiophene rings is 1. The van der Waals surface area contributed by atoms with Crippen LogP contribution in [-0.2, 0) is 4.79 Å². The van der Waals surface area contributed by atoms with Gasteiger partial charge in [-0.15, -0.1) is 11.3 Å². The van der Waals surface area contributed by atoms with Gasteiger partial charge in [0.1, 0.15) is 0 Å². The Morgan fingerprint density at radius 1 is 1.00 bits per heavy atom. The molecule has 2 amide bonds. The molecule has 0 saturated carbocycles. The van der Waals surface area contributed by atoms with Crippen LogP contribution >= 0.6 is 11.3 Å². The number of piperazine rings is 1. The van der Waals surface area contributed by atoms with E-state index in [1.165, 1.54) is 0 Å². The second-order valence-corrected chi connectivity index (χ2v) is 7.35. The Morgan fingerprint density at radius 2 is 1.68 bits per heavy atom. The van der Waals surface area contributed by atoms with E-state index >= 15 is 0 Å². The molecule has 0 aromatic carbocycles. The predicted octanol–water partition coefficient (Wildman–Crippen LogP) is 1.44. The van der Waals surface area contributed by atoms with Crippen LogP contribution in [0.1, 0.15) is 27.4 Å². The summed E-state index contributed by atoms with van der Waals surface area (Å²) < 4.78 is 0. The van der Waals surface area contributed by atoms with Crippen LogP contribution in [0, 0.1) is 6.92 Å². The van der Waals surface area contributed by atoms with Crippen molar-refractivity contribution < 1.29 is 9.59 Å². The standard InChI is InChI=1S/C16H23N3O2S/c1-13-4-5-14(22-13)16(21)19-10-8-17(9-11-19)12-15(20)18-6-2-3-7-18/h4-5H,2-3,6-12H2,1H3. The molecule has 1 aromatic heterocycles. The Balaban J connectivity index is 1.47. The lowest BCUT2D eigenvalue weighted by molar-refractivity contribution is -0.131. The van der Waals surface area contributed by atoms with Crippen molar-refractivity contribution in [3.63, 3.8) is 0 Å². The summed E-state index contributed by atoms with van der Waals surface area (Å²) >= 11 is 1.55. The van der Waals surface area contributed by atoms with Gasteiger partial charge < -0.3 is 9.80 Å². The normalized spacial score (nSPS) is 19.7. The highest BCUT2D eigenvalue weighted by atomic mass is 32.1. The fraction of sp³-hybridized carbons (Fsp3) is 0.625. The molecule has 0 spiro atoms. The molecule has 0 atom stereocenters. The first-order chi connectivity index (χ1) is 10.6. The van der Waals surface area contributed by atoms with Crippen molar-refractivity contribution >= 4 is 23.2 Å². The monoisotopic (exact) mass is 321 g/mol. The van der Waals surface area contributed by atoms with Crippen molar-refractivity contribution in [3.8, 4) is 0 Å². The van der Waals surface area contributed by atoms with Crippen LogP contribution < -0.4 is 0 Å². The molecule has 2 saturated heterocycles. The van der Waals surface area contributed by atoms with Crippen molar-refractivity contribution in [3.05, 3.63) is 21.9 Å². The topological polar surface area (TPSA) is 43.9 Å². The first kappa shape index (κ1) is 15.5. The first-order valence-corrected chi connectivity index (χ1v) is 8.81. The van der Waals surface area contributed by atoms with Gasteiger partial charge in [-0.05, 0) is 31.9 Å². The Morgan fingerprint density at radius 3 is 2.27 bits per heavy atom. The highest BCUT2D eigenvalue weighted by Gasteiger charge is 2.26. The van der Waals surface area contributed by atoms with Gasteiger partial charge >= 0.3 is 0 Å². The Labute approximate surface area is 135 Å².